The first-order valence-electron chi connectivity index (χ1n) is 9.25. The predicted molar refractivity (Wildman–Crippen MR) is 101 cm³/mol. The maximum atomic E-state index is 11.8. The van der Waals surface area contributed by atoms with E-state index in [0.717, 1.165) is 42.3 Å². The number of rotatable bonds is 4. The zero-order valence-corrected chi connectivity index (χ0v) is 15.9. The lowest BCUT2D eigenvalue weighted by Gasteiger charge is -2.38. The highest BCUT2D eigenvalue weighted by molar-refractivity contribution is 5.98. The summed E-state index contributed by atoms with van der Waals surface area (Å²) in [7, 11) is 1.60. The summed E-state index contributed by atoms with van der Waals surface area (Å²) in [4.78, 5) is 23.1. The standard InChI is InChI=1S/C20H24N4O3/c1-12-8-15-16(10-22-20(15)25)23-19(12)24-7-6-17(13(2)11-24)27-14-4-5-18(26-3)21-9-14/h4-5,8-9,13,17H,6-7,10-11H2,1-3H3,(H,22,25)/t13-,17+/m1/s1. The van der Waals surface area contributed by atoms with Crippen LogP contribution in [0.3, 0.4) is 0 Å². The van der Waals surface area contributed by atoms with Gasteiger partial charge in [0.15, 0.2) is 0 Å². The predicted octanol–water partition coefficient (Wildman–Crippen LogP) is 2.33. The molecular weight excluding hydrogens is 344 g/mol. The first kappa shape index (κ1) is 17.6. The molecule has 0 saturated carbocycles. The third-order valence-corrected chi connectivity index (χ3v) is 5.26. The SMILES string of the molecule is COc1ccc(O[C@H]2CCN(c3nc4c(cc3C)C(=O)NC4)C[C@H]2C)cn1. The van der Waals surface area contributed by atoms with Crippen LogP contribution < -0.4 is 19.7 Å². The van der Waals surface area contributed by atoms with Gasteiger partial charge in [0.1, 0.15) is 17.7 Å². The number of carbonyl (C=O) groups excluding carboxylic acids is 1. The van der Waals surface area contributed by atoms with Crippen molar-refractivity contribution in [2.24, 2.45) is 5.92 Å². The third kappa shape index (κ3) is 3.41. The van der Waals surface area contributed by atoms with E-state index >= 15 is 0 Å². The van der Waals surface area contributed by atoms with Gasteiger partial charge in [-0.25, -0.2) is 9.97 Å². The highest BCUT2D eigenvalue weighted by Crippen LogP contribution is 2.29. The molecule has 4 heterocycles. The van der Waals surface area contributed by atoms with Crippen LogP contribution in [0, 0.1) is 12.8 Å². The zero-order chi connectivity index (χ0) is 19.0. The Morgan fingerprint density at radius 1 is 1.33 bits per heavy atom. The summed E-state index contributed by atoms with van der Waals surface area (Å²) in [5.74, 6) is 2.63. The van der Waals surface area contributed by atoms with Gasteiger partial charge in [0.2, 0.25) is 5.88 Å². The molecule has 142 valence electrons. The molecule has 0 bridgehead atoms. The summed E-state index contributed by atoms with van der Waals surface area (Å²) >= 11 is 0. The number of methoxy groups -OCH3 is 1. The van der Waals surface area contributed by atoms with Gasteiger partial charge in [0.25, 0.3) is 5.91 Å². The van der Waals surface area contributed by atoms with Crippen LogP contribution in [0.4, 0.5) is 5.82 Å². The van der Waals surface area contributed by atoms with E-state index in [9.17, 15) is 4.79 Å². The molecule has 27 heavy (non-hydrogen) atoms. The Balaban J connectivity index is 1.45. The molecule has 1 fully saturated rings. The number of aromatic nitrogens is 2. The molecule has 7 heteroatoms. The fraction of sp³-hybridized carbons (Fsp3) is 0.450. The van der Waals surface area contributed by atoms with E-state index in [0.29, 0.717) is 23.9 Å². The number of carbonyl (C=O) groups is 1. The van der Waals surface area contributed by atoms with Crippen molar-refractivity contribution in [2.45, 2.75) is 32.9 Å². The molecule has 1 saturated heterocycles. The Kier molecular flexibility index (Phi) is 4.59. The third-order valence-electron chi connectivity index (χ3n) is 5.26. The smallest absolute Gasteiger partial charge is 0.253 e. The largest absolute Gasteiger partial charge is 0.488 e. The number of amides is 1. The van der Waals surface area contributed by atoms with Gasteiger partial charge in [-0.2, -0.15) is 0 Å². The lowest BCUT2D eigenvalue weighted by molar-refractivity contribution is 0.0965. The quantitative estimate of drug-likeness (QED) is 0.893. The normalized spacial score (nSPS) is 21.6. The van der Waals surface area contributed by atoms with E-state index in [2.05, 4.69) is 22.1 Å². The molecule has 0 aromatic carbocycles. The number of pyridine rings is 2. The molecule has 0 radical (unpaired) electrons. The van der Waals surface area contributed by atoms with Crippen molar-refractivity contribution in [3.63, 3.8) is 0 Å². The van der Waals surface area contributed by atoms with E-state index in [1.54, 1.807) is 13.3 Å². The fourth-order valence-corrected chi connectivity index (χ4v) is 3.77. The Labute approximate surface area is 158 Å². The average molecular weight is 368 g/mol. The molecule has 0 spiro atoms. The number of hydrogen-bond acceptors (Lipinski definition) is 6. The highest BCUT2D eigenvalue weighted by Gasteiger charge is 2.30. The number of hydrogen-bond donors (Lipinski definition) is 1. The number of ether oxygens (including phenoxy) is 2. The Morgan fingerprint density at radius 2 is 2.19 bits per heavy atom. The zero-order valence-electron chi connectivity index (χ0n) is 15.9. The summed E-state index contributed by atoms with van der Waals surface area (Å²) in [6.45, 7) is 6.46. The van der Waals surface area contributed by atoms with Gasteiger partial charge in [-0.15, -0.1) is 0 Å². The summed E-state index contributed by atoms with van der Waals surface area (Å²) < 4.78 is 11.2. The van der Waals surface area contributed by atoms with Crippen molar-refractivity contribution in [3.8, 4) is 11.6 Å². The molecule has 4 rings (SSSR count). The Hall–Kier alpha value is -2.83. The second-order valence-corrected chi connectivity index (χ2v) is 7.21. The van der Waals surface area contributed by atoms with Crippen LogP contribution in [-0.2, 0) is 6.54 Å². The summed E-state index contributed by atoms with van der Waals surface area (Å²) in [6.07, 6.45) is 2.74. The van der Waals surface area contributed by atoms with Crippen molar-refractivity contribution in [2.75, 3.05) is 25.1 Å². The van der Waals surface area contributed by atoms with Gasteiger partial charge in [-0.1, -0.05) is 6.92 Å². The van der Waals surface area contributed by atoms with Crippen molar-refractivity contribution in [3.05, 3.63) is 41.2 Å². The van der Waals surface area contributed by atoms with Gasteiger partial charge < -0.3 is 19.7 Å². The monoisotopic (exact) mass is 368 g/mol. The van der Waals surface area contributed by atoms with Gasteiger partial charge in [0.05, 0.1) is 31.1 Å². The van der Waals surface area contributed by atoms with E-state index < -0.39 is 0 Å². The van der Waals surface area contributed by atoms with Crippen molar-refractivity contribution >= 4 is 11.7 Å². The molecule has 7 nitrogen and oxygen atoms in total. The van der Waals surface area contributed by atoms with E-state index in [-0.39, 0.29) is 12.0 Å². The second kappa shape index (κ2) is 7.06. The number of nitrogens with one attached hydrogen (secondary N) is 1. The average Bonchev–Trinajstić information content (AvgIpc) is 3.03. The number of aryl methyl sites for hydroxylation is 1. The van der Waals surface area contributed by atoms with E-state index in [1.165, 1.54) is 0 Å². The topological polar surface area (TPSA) is 76.6 Å². The van der Waals surface area contributed by atoms with Crippen LogP contribution in [0.1, 0.15) is 35.0 Å². The summed E-state index contributed by atoms with van der Waals surface area (Å²) in [5, 5.41) is 2.84. The first-order valence-corrected chi connectivity index (χ1v) is 9.25. The van der Waals surface area contributed by atoms with E-state index in [1.807, 2.05) is 25.1 Å². The van der Waals surface area contributed by atoms with Crippen LogP contribution in [0.5, 0.6) is 11.6 Å². The van der Waals surface area contributed by atoms with Gasteiger partial charge >= 0.3 is 0 Å². The molecule has 1 N–H and O–H groups in total. The minimum Gasteiger partial charge on any atom is -0.488 e. The second-order valence-electron chi connectivity index (χ2n) is 7.21. The lowest BCUT2D eigenvalue weighted by atomic mass is 9.96. The van der Waals surface area contributed by atoms with Crippen LogP contribution in [0.25, 0.3) is 0 Å². The molecule has 2 atom stereocenters. The van der Waals surface area contributed by atoms with Crippen molar-refractivity contribution < 1.29 is 14.3 Å². The minimum absolute atomic E-state index is 0.0271. The lowest BCUT2D eigenvalue weighted by Crippen LogP contribution is -2.45. The van der Waals surface area contributed by atoms with Crippen LogP contribution >= 0.6 is 0 Å². The molecule has 0 unspecified atom stereocenters. The van der Waals surface area contributed by atoms with Gasteiger partial charge in [-0.05, 0) is 24.6 Å². The van der Waals surface area contributed by atoms with Crippen LogP contribution in [-0.4, -0.2) is 42.2 Å². The Bertz CT molecular complexity index is 853. The molecule has 2 aliphatic heterocycles. The van der Waals surface area contributed by atoms with Crippen LogP contribution in [0.2, 0.25) is 0 Å². The maximum Gasteiger partial charge on any atom is 0.253 e. The molecule has 2 aromatic rings. The number of anilines is 1. The Morgan fingerprint density at radius 3 is 2.89 bits per heavy atom. The fourth-order valence-electron chi connectivity index (χ4n) is 3.77. The summed E-state index contributed by atoms with van der Waals surface area (Å²) in [5.41, 5.74) is 2.59. The van der Waals surface area contributed by atoms with Crippen LogP contribution in [0.15, 0.2) is 24.4 Å². The highest BCUT2D eigenvalue weighted by atomic mass is 16.5. The molecule has 2 aromatic heterocycles. The summed E-state index contributed by atoms with van der Waals surface area (Å²) in [6, 6.07) is 5.65. The first-order chi connectivity index (χ1) is 13.0. The van der Waals surface area contributed by atoms with Gasteiger partial charge in [-0.3, -0.25) is 4.79 Å². The number of piperidine rings is 1. The molecular formula is C20H24N4O3. The minimum atomic E-state index is -0.0271. The van der Waals surface area contributed by atoms with Crippen molar-refractivity contribution in [1.29, 1.82) is 0 Å². The number of fused-ring (bicyclic) bond motifs is 1. The van der Waals surface area contributed by atoms with Crippen molar-refractivity contribution in [1.82, 2.24) is 15.3 Å². The molecule has 0 aliphatic carbocycles. The maximum absolute atomic E-state index is 11.8. The molecule has 2 aliphatic rings. The molecule has 1 amide bonds. The van der Waals surface area contributed by atoms with Gasteiger partial charge in [0, 0.05) is 31.5 Å². The number of nitrogens with zero attached hydrogens (tertiary/aromatic N) is 3. The van der Waals surface area contributed by atoms with E-state index in [4.69, 9.17) is 14.5 Å².